The van der Waals surface area contributed by atoms with E-state index in [1.54, 1.807) is 23.9 Å². The van der Waals surface area contributed by atoms with Crippen LogP contribution >= 0.6 is 12.6 Å². The largest absolute Gasteiger partial charge is 0.464 e. The molecule has 0 bridgehead atoms. The maximum absolute atomic E-state index is 11.7. The number of amides is 1. The van der Waals surface area contributed by atoms with Crippen molar-refractivity contribution in [2.45, 2.75) is 26.4 Å². The molecule has 0 aliphatic heterocycles. The van der Waals surface area contributed by atoms with Crippen molar-refractivity contribution in [3.63, 3.8) is 0 Å². The van der Waals surface area contributed by atoms with Gasteiger partial charge in [0.1, 0.15) is 12.6 Å². The fourth-order valence-corrected chi connectivity index (χ4v) is 1.60. The molecule has 0 aliphatic carbocycles. The van der Waals surface area contributed by atoms with Crippen LogP contribution < -0.4 is 5.32 Å². The molecule has 1 aromatic rings. The molecule has 1 rings (SSSR count). The highest BCUT2D eigenvalue weighted by molar-refractivity contribution is 7.80. The summed E-state index contributed by atoms with van der Waals surface area (Å²) in [7, 11) is 0. The van der Waals surface area contributed by atoms with Crippen LogP contribution in [0.25, 0.3) is 0 Å². The van der Waals surface area contributed by atoms with Crippen LogP contribution in [0, 0.1) is 6.92 Å². The first-order chi connectivity index (χ1) is 8.58. The predicted octanol–water partition coefficient (Wildman–Crippen LogP) is 0.169. The topological polar surface area (TPSA) is 73.2 Å². The number of thiol groups is 1. The van der Waals surface area contributed by atoms with E-state index in [1.165, 1.54) is 0 Å². The van der Waals surface area contributed by atoms with Crippen LogP contribution in [0.5, 0.6) is 0 Å². The standard InChI is InChI=1S/C11H17N3O3S/c1-3-17-11(16)9(7-18)13-10(15)6-14-8(2)4-5-12-14/h4-5,9,18H,3,6-7H2,1-2H3,(H,13,15)/t9-/m0/s1. The number of ether oxygens (including phenoxy) is 1. The van der Waals surface area contributed by atoms with Gasteiger partial charge in [0.25, 0.3) is 0 Å². The van der Waals surface area contributed by atoms with Crippen molar-refractivity contribution in [1.29, 1.82) is 0 Å². The van der Waals surface area contributed by atoms with Crippen LogP contribution in [-0.2, 0) is 20.9 Å². The summed E-state index contributed by atoms with van der Waals surface area (Å²) in [6.07, 6.45) is 1.62. The molecule has 0 saturated carbocycles. The van der Waals surface area contributed by atoms with E-state index < -0.39 is 12.0 Å². The number of aromatic nitrogens is 2. The minimum absolute atomic E-state index is 0.0719. The average molecular weight is 271 g/mol. The lowest BCUT2D eigenvalue weighted by Crippen LogP contribution is -2.44. The summed E-state index contributed by atoms with van der Waals surface area (Å²) in [6.45, 7) is 3.91. The number of rotatable bonds is 6. The number of carbonyl (C=O) groups excluding carboxylic acids is 2. The lowest BCUT2D eigenvalue weighted by molar-refractivity contribution is -0.146. The number of hydrogen-bond acceptors (Lipinski definition) is 5. The molecule has 1 atom stereocenters. The van der Waals surface area contributed by atoms with Crippen LogP contribution in [0.15, 0.2) is 12.3 Å². The molecule has 0 aromatic carbocycles. The van der Waals surface area contributed by atoms with E-state index in [4.69, 9.17) is 4.74 Å². The highest BCUT2D eigenvalue weighted by Crippen LogP contribution is 1.97. The van der Waals surface area contributed by atoms with Gasteiger partial charge < -0.3 is 10.1 Å². The van der Waals surface area contributed by atoms with Gasteiger partial charge in [0, 0.05) is 17.6 Å². The first-order valence-corrected chi connectivity index (χ1v) is 6.27. The zero-order valence-electron chi connectivity index (χ0n) is 10.4. The summed E-state index contributed by atoms with van der Waals surface area (Å²) < 4.78 is 6.38. The second kappa shape index (κ2) is 7.05. The fraction of sp³-hybridized carbons (Fsp3) is 0.545. The molecule has 7 heteroatoms. The quantitative estimate of drug-likeness (QED) is 0.571. The molecule has 0 spiro atoms. The van der Waals surface area contributed by atoms with Crippen molar-refractivity contribution in [1.82, 2.24) is 15.1 Å². The van der Waals surface area contributed by atoms with Crippen molar-refractivity contribution in [2.24, 2.45) is 0 Å². The monoisotopic (exact) mass is 271 g/mol. The highest BCUT2D eigenvalue weighted by atomic mass is 32.1. The van der Waals surface area contributed by atoms with E-state index in [0.717, 1.165) is 5.69 Å². The Bertz CT molecular complexity index is 419. The summed E-state index contributed by atoms with van der Waals surface area (Å²) in [5.74, 6) is -0.574. The smallest absolute Gasteiger partial charge is 0.329 e. The van der Waals surface area contributed by atoms with E-state index in [0.29, 0.717) is 0 Å². The molecule has 0 aliphatic rings. The van der Waals surface area contributed by atoms with Gasteiger partial charge in [-0.1, -0.05) is 0 Å². The van der Waals surface area contributed by atoms with Gasteiger partial charge >= 0.3 is 5.97 Å². The molecule has 0 saturated heterocycles. The third kappa shape index (κ3) is 4.06. The van der Waals surface area contributed by atoms with Gasteiger partial charge in [-0.3, -0.25) is 9.48 Å². The number of carbonyl (C=O) groups is 2. The molecule has 1 aromatic heterocycles. The minimum atomic E-state index is -0.725. The van der Waals surface area contributed by atoms with E-state index >= 15 is 0 Å². The number of hydrogen-bond donors (Lipinski definition) is 2. The normalized spacial score (nSPS) is 11.9. The first-order valence-electron chi connectivity index (χ1n) is 5.63. The zero-order chi connectivity index (χ0) is 13.5. The van der Waals surface area contributed by atoms with Crippen LogP contribution in [0.3, 0.4) is 0 Å². The Morgan fingerprint density at radius 3 is 2.83 bits per heavy atom. The Balaban J connectivity index is 2.52. The summed E-state index contributed by atoms with van der Waals surface area (Å²) >= 11 is 4.02. The summed E-state index contributed by atoms with van der Waals surface area (Å²) in [4.78, 5) is 23.2. The van der Waals surface area contributed by atoms with Crippen molar-refractivity contribution in [2.75, 3.05) is 12.4 Å². The van der Waals surface area contributed by atoms with E-state index in [2.05, 4.69) is 23.0 Å². The Morgan fingerprint density at radius 2 is 2.33 bits per heavy atom. The highest BCUT2D eigenvalue weighted by Gasteiger charge is 2.20. The second-order valence-electron chi connectivity index (χ2n) is 3.68. The molecule has 6 nitrogen and oxygen atoms in total. The number of esters is 1. The van der Waals surface area contributed by atoms with Crippen molar-refractivity contribution >= 4 is 24.5 Å². The van der Waals surface area contributed by atoms with Gasteiger partial charge in [-0.25, -0.2) is 4.79 Å². The van der Waals surface area contributed by atoms with Gasteiger partial charge in [-0.15, -0.1) is 0 Å². The molecule has 0 unspecified atom stereocenters. The summed E-state index contributed by atoms with van der Waals surface area (Å²) in [6, 6.07) is 1.07. The molecular weight excluding hydrogens is 254 g/mol. The molecule has 0 radical (unpaired) electrons. The van der Waals surface area contributed by atoms with Crippen molar-refractivity contribution in [3.05, 3.63) is 18.0 Å². The molecule has 100 valence electrons. The number of nitrogens with zero attached hydrogens (tertiary/aromatic N) is 2. The molecule has 0 fully saturated rings. The Kier molecular flexibility index (Phi) is 5.70. The van der Waals surface area contributed by atoms with E-state index in [1.807, 2.05) is 6.92 Å². The van der Waals surface area contributed by atoms with E-state index in [-0.39, 0.29) is 24.8 Å². The summed E-state index contributed by atoms with van der Waals surface area (Å²) in [5.41, 5.74) is 0.878. The van der Waals surface area contributed by atoms with Crippen molar-refractivity contribution in [3.8, 4) is 0 Å². The molecule has 1 N–H and O–H groups in total. The van der Waals surface area contributed by atoms with Crippen LogP contribution in [0.1, 0.15) is 12.6 Å². The van der Waals surface area contributed by atoms with Gasteiger partial charge in [-0.2, -0.15) is 17.7 Å². The Labute approximate surface area is 111 Å². The van der Waals surface area contributed by atoms with Crippen LogP contribution in [0.2, 0.25) is 0 Å². The third-order valence-corrected chi connectivity index (χ3v) is 2.68. The Morgan fingerprint density at radius 1 is 1.61 bits per heavy atom. The summed E-state index contributed by atoms with van der Waals surface area (Å²) in [5, 5.41) is 6.56. The maximum Gasteiger partial charge on any atom is 0.329 e. The van der Waals surface area contributed by atoms with Gasteiger partial charge in [0.15, 0.2) is 0 Å². The average Bonchev–Trinajstić information content (AvgIpc) is 2.72. The first kappa shape index (κ1) is 14.6. The second-order valence-corrected chi connectivity index (χ2v) is 4.05. The predicted molar refractivity (Wildman–Crippen MR) is 69.4 cm³/mol. The van der Waals surface area contributed by atoms with Gasteiger partial charge in [-0.05, 0) is 19.9 Å². The minimum Gasteiger partial charge on any atom is -0.464 e. The molecule has 1 heterocycles. The molecular formula is C11H17N3O3S. The Hall–Kier alpha value is -1.50. The van der Waals surface area contributed by atoms with Gasteiger partial charge in [0.05, 0.1) is 6.61 Å². The fourth-order valence-electron chi connectivity index (χ4n) is 1.36. The van der Waals surface area contributed by atoms with Crippen LogP contribution in [0.4, 0.5) is 0 Å². The van der Waals surface area contributed by atoms with E-state index in [9.17, 15) is 9.59 Å². The van der Waals surface area contributed by atoms with Crippen LogP contribution in [-0.4, -0.2) is 40.1 Å². The SMILES string of the molecule is CCOC(=O)[C@H](CS)NC(=O)Cn1nccc1C. The lowest BCUT2D eigenvalue weighted by atomic mass is 10.3. The molecule has 18 heavy (non-hydrogen) atoms. The van der Waals surface area contributed by atoms with Gasteiger partial charge in [0.2, 0.25) is 5.91 Å². The zero-order valence-corrected chi connectivity index (χ0v) is 11.3. The maximum atomic E-state index is 11.7. The number of nitrogens with one attached hydrogen (secondary N) is 1. The number of aryl methyl sites for hydroxylation is 1. The molecule has 1 amide bonds. The third-order valence-electron chi connectivity index (χ3n) is 2.31. The van der Waals surface area contributed by atoms with Crippen molar-refractivity contribution < 1.29 is 14.3 Å². The lowest BCUT2D eigenvalue weighted by Gasteiger charge is -2.15.